The molecule has 0 spiro atoms. The molecule has 1 aliphatic carbocycles. The molecule has 1 heterocycles. The van der Waals surface area contributed by atoms with Crippen LogP contribution < -0.4 is 9.47 Å². The monoisotopic (exact) mass is 496 g/mol. The van der Waals surface area contributed by atoms with Crippen LogP contribution in [0.4, 0.5) is 0 Å². The highest BCUT2D eigenvalue weighted by Crippen LogP contribution is 2.36. The molecule has 7 nitrogen and oxygen atoms in total. The van der Waals surface area contributed by atoms with E-state index >= 15 is 0 Å². The summed E-state index contributed by atoms with van der Waals surface area (Å²) in [5.41, 5.74) is 1.25. The van der Waals surface area contributed by atoms with Gasteiger partial charge in [0.05, 0.1) is 14.2 Å². The molecule has 0 N–H and O–H groups in total. The molecule has 1 amide bonds. The average Bonchev–Trinajstić information content (AvgIpc) is 2.96. The van der Waals surface area contributed by atoms with E-state index in [4.69, 9.17) is 21.7 Å². The topological polar surface area (TPSA) is 68.3 Å². The lowest BCUT2D eigenvalue weighted by Crippen LogP contribution is -2.41. The first-order chi connectivity index (χ1) is 14.4. The van der Waals surface area contributed by atoms with E-state index in [1.165, 1.54) is 20.6 Å². The normalized spacial score (nSPS) is 18.9. The Labute approximate surface area is 190 Å². The SMILES string of the molecule is COC(=O)COc1cc(Br)c(/C=C2/C(=O)N(C3CCCCC3)C(=S)N2C)cc1OC. The molecule has 1 saturated carbocycles. The van der Waals surface area contributed by atoms with E-state index in [1.54, 1.807) is 28.0 Å². The van der Waals surface area contributed by atoms with Crippen LogP contribution >= 0.6 is 28.1 Å². The summed E-state index contributed by atoms with van der Waals surface area (Å²) in [6, 6.07) is 3.61. The fourth-order valence-electron chi connectivity index (χ4n) is 3.71. The summed E-state index contributed by atoms with van der Waals surface area (Å²) in [5, 5.41) is 0.541. The van der Waals surface area contributed by atoms with Gasteiger partial charge in [-0.15, -0.1) is 0 Å². The maximum Gasteiger partial charge on any atom is 0.343 e. The molecule has 0 bridgehead atoms. The van der Waals surface area contributed by atoms with Crippen molar-refractivity contribution in [3.63, 3.8) is 0 Å². The zero-order chi connectivity index (χ0) is 21.8. The predicted molar refractivity (Wildman–Crippen MR) is 120 cm³/mol. The van der Waals surface area contributed by atoms with E-state index in [-0.39, 0.29) is 18.6 Å². The largest absolute Gasteiger partial charge is 0.493 e. The van der Waals surface area contributed by atoms with Gasteiger partial charge in [-0.3, -0.25) is 9.69 Å². The molecule has 162 valence electrons. The van der Waals surface area contributed by atoms with Gasteiger partial charge >= 0.3 is 5.97 Å². The fourth-order valence-corrected chi connectivity index (χ4v) is 4.48. The number of carbonyl (C=O) groups excluding carboxylic acids is 2. The fraction of sp³-hybridized carbons (Fsp3) is 0.476. The number of hydrogen-bond acceptors (Lipinski definition) is 6. The number of thiocarbonyl (C=S) groups is 1. The third-order valence-corrected chi connectivity index (χ3v) is 6.54. The van der Waals surface area contributed by atoms with E-state index in [2.05, 4.69) is 20.7 Å². The van der Waals surface area contributed by atoms with Gasteiger partial charge in [0.25, 0.3) is 5.91 Å². The third kappa shape index (κ3) is 4.62. The minimum absolute atomic E-state index is 0.0775. The molecule has 1 aromatic rings. The number of halogens is 1. The number of carbonyl (C=O) groups is 2. The quantitative estimate of drug-likeness (QED) is 0.337. The van der Waals surface area contributed by atoms with Crippen LogP contribution in [0, 0.1) is 0 Å². The molecule has 2 aliphatic rings. The summed E-state index contributed by atoms with van der Waals surface area (Å²) >= 11 is 9.09. The summed E-state index contributed by atoms with van der Waals surface area (Å²) in [4.78, 5) is 28.1. The van der Waals surface area contributed by atoms with E-state index < -0.39 is 5.97 Å². The first-order valence-electron chi connectivity index (χ1n) is 9.77. The van der Waals surface area contributed by atoms with Gasteiger partial charge < -0.3 is 19.1 Å². The molecular formula is C21H25BrN2O5S. The molecule has 0 aromatic heterocycles. The minimum atomic E-state index is -0.492. The van der Waals surface area contributed by atoms with E-state index in [0.717, 1.165) is 31.2 Å². The van der Waals surface area contributed by atoms with Gasteiger partial charge in [0, 0.05) is 17.6 Å². The van der Waals surface area contributed by atoms with Crippen LogP contribution in [0.5, 0.6) is 11.5 Å². The molecule has 2 fully saturated rings. The maximum atomic E-state index is 13.2. The van der Waals surface area contributed by atoms with Gasteiger partial charge in [-0.25, -0.2) is 4.79 Å². The molecule has 1 aliphatic heterocycles. The summed E-state index contributed by atoms with van der Waals surface area (Å²) in [6.45, 7) is -0.231. The Balaban J connectivity index is 1.88. The van der Waals surface area contributed by atoms with Crippen molar-refractivity contribution in [1.82, 2.24) is 9.80 Å². The van der Waals surface area contributed by atoms with Crippen molar-refractivity contribution in [2.45, 2.75) is 38.1 Å². The van der Waals surface area contributed by atoms with Crippen molar-refractivity contribution in [3.05, 3.63) is 27.9 Å². The summed E-state index contributed by atoms with van der Waals surface area (Å²) in [7, 11) is 4.62. The van der Waals surface area contributed by atoms with Crippen LogP contribution in [0.15, 0.2) is 22.3 Å². The summed E-state index contributed by atoms with van der Waals surface area (Å²) in [6.07, 6.45) is 7.20. The molecular weight excluding hydrogens is 472 g/mol. The van der Waals surface area contributed by atoms with Gasteiger partial charge in [0.1, 0.15) is 5.70 Å². The van der Waals surface area contributed by atoms with Gasteiger partial charge in [-0.05, 0) is 48.8 Å². The van der Waals surface area contributed by atoms with Gasteiger partial charge in [0.15, 0.2) is 23.2 Å². The van der Waals surface area contributed by atoms with Gasteiger partial charge in [0.2, 0.25) is 0 Å². The summed E-state index contributed by atoms with van der Waals surface area (Å²) in [5.74, 6) is 0.260. The minimum Gasteiger partial charge on any atom is -0.493 e. The Morgan fingerprint density at radius 1 is 1.23 bits per heavy atom. The van der Waals surface area contributed by atoms with Crippen molar-refractivity contribution in [2.24, 2.45) is 0 Å². The van der Waals surface area contributed by atoms with Crippen molar-refractivity contribution in [2.75, 3.05) is 27.9 Å². The molecule has 3 rings (SSSR count). The number of ether oxygens (including phenoxy) is 3. The average molecular weight is 497 g/mol. The van der Waals surface area contributed by atoms with Crippen LogP contribution in [0.2, 0.25) is 0 Å². The zero-order valence-electron chi connectivity index (χ0n) is 17.3. The van der Waals surface area contributed by atoms with Crippen LogP contribution in [0.25, 0.3) is 6.08 Å². The van der Waals surface area contributed by atoms with Crippen molar-refractivity contribution in [3.8, 4) is 11.5 Å². The zero-order valence-corrected chi connectivity index (χ0v) is 19.7. The number of amides is 1. The molecule has 30 heavy (non-hydrogen) atoms. The lowest BCUT2D eigenvalue weighted by atomic mass is 9.94. The Hall–Kier alpha value is -2.13. The Morgan fingerprint density at radius 3 is 2.57 bits per heavy atom. The van der Waals surface area contributed by atoms with Crippen molar-refractivity contribution >= 4 is 51.2 Å². The number of nitrogens with zero attached hydrogens (tertiary/aromatic N) is 2. The number of hydrogen-bond donors (Lipinski definition) is 0. The first-order valence-corrected chi connectivity index (χ1v) is 11.0. The first kappa shape index (κ1) is 22.6. The number of rotatable bonds is 6. The third-order valence-electron chi connectivity index (χ3n) is 5.38. The van der Waals surface area contributed by atoms with Crippen LogP contribution in [0.3, 0.4) is 0 Å². The smallest absolute Gasteiger partial charge is 0.343 e. The summed E-state index contributed by atoms with van der Waals surface area (Å²) < 4.78 is 16.2. The van der Waals surface area contributed by atoms with Crippen molar-refractivity contribution < 1.29 is 23.8 Å². The van der Waals surface area contributed by atoms with Gasteiger partial charge in [-0.2, -0.15) is 0 Å². The highest BCUT2D eigenvalue weighted by Gasteiger charge is 2.40. The second-order valence-corrected chi connectivity index (χ2v) is 8.45. The molecule has 1 saturated heterocycles. The highest BCUT2D eigenvalue weighted by atomic mass is 79.9. The van der Waals surface area contributed by atoms with E-state index in [9.17, 15) is 9.59 Å². The lowest BCUT2D eigenvalue weighted by Gasteiger charge is -2.30. The van der Waals surface area contributed by atoms with Crippen LogP contribution in [0.1, 0.15) is 37.7 Å². The molecule has 9 heteroatoms. The molecule has 0 atom stereocenters. The molecule has 1 aromatic carbocycles. The maximum absolute atomic E-state index is 13.2. The molecule has 0 radical (unpaired) electrons. The molecule has 0 unspecified atom stereocenters. The second kappa shape index (κ2) is 9.78. The number of benzene rings is 1. The Kier molecular flexibility index (Phi) is 7.36. The van der Waals surface area contributed by atoms with Gasteiger partial charge in [-0.1, -0.05) is 35.2 Å². The Morgan fingerprint density at radius 2 is 1.93 bits per heavy atom. The highest BCUT2D eigenvalue weighted by molar-refractivity contribution is 9.10. The number of methoxy groups -OCH3 is 2. The predicted octanol–water partition coefficient (Wildman–Crippen LogP) is 3.74. The second-order valence-electron chi connectivity index (χ2n) is 7.23. The Bertz CT molecular complexity index is 882. The number of esters is 1. The van der Waals surface area contributed by atoms with Crippen LogP contribution in [-0.2, 0) is 14.3 Å². The lowest BCUT2D eigenvalue weighted by molar-refractivity contribution is -0.142. The van der Waals surface area contributed by atoms with E-state index in [0.29, 0.717) is 26.8 Å². The standard InChI is InChI=1S/C21H25BrN2O5S/c1-23-16(20(26)24(21(23)30)14-7-5-4-6-8-14)9-13-10-17(27-2)18(11-15(13)22)29-12-19(25)28-3/h9-11,14H,4-8,12H2,1-3H3/b16-9-. The number of likely N-dealkylation sites (N-methyl/N-ethyl adjacent to an activating group) is 1. The van der Waals surface area contributed by atoms with Crippen LogP contribution in [-0.4, -0.2) is 60.7 Å². The van der Waals surface area contributed by atoms with Crippen molar-refractivity contribution in [1.29, 1.82) is 0 Å². The van der Waals surface area contributed by atoms with E-state index in [1.807, 2.05) is 7.05 Å².